The van der Waals surface area contributed by atoms with Gasteiger partial charge in [0.25, 0.3) is 0 Å². The van der Waals surface area contributed by atoms with Gasteiger partial charge in [0, 0.05) is 19.4 Å². The Labute approximate surface area is 92.9 Å². The molecule has 2 rings (SSSR count). The van der Waals surface area contributed by atoms with Crippen LogP contribution < -0.4 is 5.32 Å². The smallest absolute Gasteiger partial charge is 0.186 e. The second-order valence-electron chi connectivity index (χ2n) is 3.30. The first-order chi connectivity index (χ1) is 7.79. The molecule has 0 unspecified atom stereocenters. The molecular formula is C11H12N4O. The molecule has 82 valence electrons. The van der Waals surface area contributed by atoms with Gasteiger partial charge < -0.3 is 10.3 Å². The van der Waals surface area contributed by atoms with Crippen LogP contribution in [0.1, 0.15) is 16.3 Å². The van der Waals surface area contributed by atoms with E-state index in [9.17, 15) is 4.79 Å². The first kappa shape index (κ1) is 10.4. The van der Waals surface area contributed by atoms with E-state index in [0.29, 0.717) is 11.5 Å². The molecule has 0 bridgehead atoms. The van der Waals surface area contributed by atoms with Gasteiger partial charge in [0.05, 0.1) is 12.1 Å². The van der Waals surface area contributed by atoms with Gasteiger partial charge in [0.1, 0.15) is 11.6 Å². The monoisotopic (exact) mass is 216 g/mol. The quantitative estimate of drug-likeness (QED) is 0.755. The fourth-order valence-electron chi connectivity index (χ4n) is 1.36. The van der Waals surface area contributed by atoms with E-state index in [1.165, 1.54) is 0 Å². The first-order valence-corrected chi connectivity index (χ1v) is 4.95. The van der Waals surface area contributed by atoms with Crippen LogP contribution >= 0.6 is 0 Å². The van der Waals surface area contributed by atoms with Gasteiger partial charge in [-0.3, -0.25) is 4.79 Å². The number of Topliss-reactive ketones (excluding diaryl/α,β-unsaturated/α-hetero) is 1. The maximum atomic E-state index is 11.8. The zero-order chi connectivity index (χ0) is 11.4. The van der Waals surface area contributed by atoms with Crippen LogP contribution in [0.25, 0.3) is 0 Å². The Morgan fingerprint density at radius 3 is 2.75 bits per heavy atom. The number of ketones is 1. The number of hydrogen-bond acceptors (Lipinski definition) is 4. The lowest BCUT2D eigenvalue weighted by molar-refractivity contribution is 0.0986. The highest BCUT2D eigenvalue weighted by atomic mass is 16.1. The van der Waals surface area contributed by atoms with E-state index in [1.807, 2.05) is 6.07 Å². The van der Waals surface area contributed by atoms with E-state index >= 15 is 0 Å². The summed E-state index contributed by atoms with van der Waals surface area (Å²) in [5.41, 5.74) is 0.566. The zero-order valence-electron chi connectivity index (χ0n) is 8.90. The zero-order valence-corrected chi connectivity index (χ0v) is 8.90. The van der Waals surface area contributed by atoms with Gasteiger partial charge in [0.2, 0.25) is 0 Å². The number of hydrogen-bond donors (Lipinski definition) is 2. The van der Waals surface area contributed by atoms with Crippen molar-refractivity contribution in [2.24, 2.45) is 0 Å². The molecule has 0 aromatic carbocycles. The fourth-order valence-corrected chi connectivity index (χ4v) is 1.36. The van der Waals surface area contributed by atoms with Gasteiger partial charge in [-0.2, -0.15) is 0 Å². The van der Waals surface area contributed by atoms with Crippen molar-refractivity contribution in [2.75, 3.05) is 12.4 Å². The molecule has 0 aliphatic carbocycles. The molecule has 2 heterocycles. The standard InChI is InChI=1S/C11H12N4O/c1-12-10-4-3-8(15-10)9(16)7-11-13-5-2-6-14-11/h2-6,12,15H,7H2,1H3. The minimum atomic E-state index is -0.0206. The van der Waals surface area contributed by atoms with E-state index in [1.54, 1.807) is 31.6 Å². The minimum Gasteiger partial charge on any atom is -0.375 e. The van der Waals surface area contributed by atoms with Crippen molar-refractivity contribution in [2.45, 2.75) is 6.42 Å². The van der Waals surface area contributed by atoms with Crippen LogP contribution in [0.5, 0.6) is 0 Å². The van der Waals surface area contributed by atoms with E-state index in [-0.39, 0.29) is 12.2 Å². The molecule has 0 saturated carbocycles. The van der Waals surface area contributed by atoms with Gasteiger partial charge in [0.15, 0.2) is 5.78 Å². The Bertz CT molecular complexity index is 478. The second-order valence-corrected chi connectivity index (χ2v) is 3.30. The number of nitrogens with zero attached hydrogens (tertiary/aromatic N) is 2. The molecule has 0 amide bonds. The lowest BCUT2D eigenvalue weighted by Crippen LogP contribution is -2.07. The molecule has 0 atom stereocenters. The number of H-pyrrole nitrogens is 1. The lowest BCUT2D eigenvalue weighted by Gasteiger charge is -1.97. The van der Waals surface area contributed by atoms with Gasteiger partial charge in [-0.25, -0.2) is 9.97 Å². The summed E-state index contributed by atoms with van der Waals surface area (Å²) in [5.74, 6) is 1.33. The Morgan fingerprint density at radius 2 is 2.12 bits per heavy atom. The Morgan fingerprint density at radius 1 is 1.38 bits per heavy atom. The number of nitrogens with one attached hydrogen (secondary N) is 2. The van der Waals surface area contributed by atoms with Crippen LogP contribution in [0.3, 0.4) is 0 Å². The molecule has 0 aliphatic rings. The SMILES string of the molecule is CNc1ccc(C(=O)Cc2ncccn2)[nH]1. The van der Waals surface area contributed by atoms with Crippen LogP contribution in [0.2, 0.25) is 0 Å². The molecule has 2 aromatic rings. The summed E-state index contributed by atoms with van der Waals surface area (Å²) in [6.07, 6.45) is 3.47. The van der Waals surface area contributed by atoms with Crippen molar-refractivity contribution in [3.63, 3.8) is 0 Å². The third-order valence-electron chi connectivity index (χ3n) is 2.19. The van der Waals surface area contributed by atoms with Crippen molar-refractivity contribution in [3.05, 3.63) is 42.1 Å². The molecule has 5 nitrogen and oxygen atoms in total. The molecule has 2 N–H and O–H groups in total. The number of carbonyl (C=O) groups excluding carboxylic acids is 1. The summed E-state index contributed by atoms with van der Waals surface area (Å²) in [4.78, 5) is 22.8. The van der Waals surface area contributed by atoms with Crippen molar-refractivity contribution in [1.29, 1.82) is 0 Å². The summed E-state index contributed by atoms with van der Waals surface area (Å²) < 4.78 is 0. The van der Waals surface area contributed by atoms with Crippen LogP contribution in [-0.4, -0.2) is 27.8 Å². The summed E-state index contributed by atoms with van der Waals surface area (Å²) in [5, 5.41) is 2.93. The number of rotatable bonds is 4. The predicted molar refractivity (Wildman–Crippen MR) is 60.4 cm³/mol. The molecule has 0 saturated heterocycles. The highest BCUT2D eigenvalue weighted by Gasteiger charge is 2.10. The Kier molecular flexibility index (Phi) is 2.95. The summed E-state index contributed by atoms with van der Waals surface area (Å²) >= 11 is 0. The van der Waals surface area contributed by atoms with Crippen LogP contribution in [0.15, 0.2) is 30.6 Å². The lowest BCUT2D eigenvalue weighted by atomic mass is 10.2. The molecule has 0 aliphatic heterocycles. The molecule has 0 spiro atoms. The average molecular weight is 216 g/mol. The third kappa shape index (κ3) is 2.25. The van der Waals surface area contributed by atoms with Crippen molar-refractivity contribution >= 4 is 11.6 Å². The van der Waals surface area contributed by atoms with Crippen LogP contribution in [0, 0.1) is 0 Å². The molecule has 16 heavy (non-hydrogen) atoms. The highest BCUT2D eigenvalue weighted by Crippen LogP contribution is 2.08. The second kappa shape index (κ2) is 4.57. The maximum absolute atomic E-state index is 11.8. The topological polar surface area (TPSA) is 70.7 Å². The normalized spacial score (nSPS) is 10.1. The van der Waals surface area contributed by atoms with Crippen LogP contribution in [0.4, 0.5) is 5.82 Å². The van der Waals surface area contributed by atoms with E-state index in [0.717, 1.165) is 5.82 Å². The molecule has 2 aromatic heterocycles. The van der Waals surface area contributed by atoms with E-state index in [2.05, 4.69) is 20.3 Å². The number of anilines is 1. The summed E-state index contributed by atoms with van der Waals surface area (Å²) in [6, 6.07) is 5.29. The van der Waals surface area contributed by atoms with Crippen LogP contribution in [-0.2, 0) is 6.42 Å². The fraction of sp³-hybridized carbons (Fsp3) is 0.182. The molecule has 0 radical (unpaired) electrons. The average Bonchev–Trinajstić information content (AvgIpc) is 2.79. The van der Waals surface area contributed by atoms with Gasteiger partial charge in [-0.05, 0) is 18.2 Å². The third-order valence-corrected chi connectivity index (χ3v) is 2.19. The van der Waals surface area contributed by atoms with Crippen molar-refractivity contribution in [1.82, 2.24) is 15.0 Å². The van der Waals surface area contributed by atoms with E-state index < -0.39 is 0 Å². The van der Waals surface area contributed by atoms with Gasteiger partial charge in [-0.15, -0.1) is 0 Å². The largest absolute Gasteiger partial charge is 0.375 e. The number of aromatic nitrogens is 3. The number of aromatic amines is 1. The number of carbonyl (C=O) groups is 1. The van der Waals surface area contributed by atoms with Crippen molar-refractivity contribution in [3.8, 4) is 0 Å². The Balaban J connectivity index is 2.09. The van der Waals surface area contributed by atoms with Gasteiger partial charge >= 0.3 is 0 Å². The Hall–Kier alpha value is -2.17. The van der Waals surface area contributed by atoms with Gasteiger partial charge in [-0.1, -0.05) is 0 Å². The molecular weight excluding hydrogens is 204 g/mol. The first-order valence-electron chi connectivity index (χ1n) is 4.95. The molecule has 0 fully saturated rings. The minimum absolute atomic E-state index is 0.0206. The highest BCUT2D eigenvalue weighted by molar-refractivity contribution is 5.96. The van der Waals surface area contributed by atoms with Crippen molar-refractivity contribution < 1.29 is 4.79 Å². The summed E-state index contributed by atoms with van der Waals surface area (Å²) in [7, 11) is 1.79. The van der Waals surface area contributed by atoms with E-state index in [4.69, 9.17) is 0 Å². The summed E-state index contributed by atoms with van der Waals surface area (Å²) in [6.45, 7) is 0. The maximum Gasteiger partial charge on any atom is 0.186 e. The molecule has 5 heteroatoms. The predicted octanol–water partition coefficient (Wildman–Crippen LogP) is 1.27.